The molecule has 1 aromatic heterocycles. The van der Waals surface area contributed by atoms with Crippen LogP contribution in [0.5, 0.6) is 0 Å². The van der Waals surface area contributed by atoms with Gasteiger partial charge in [0.25, 0.3) is 0 Å². The Balaban J connectivity index is 1.99. The Labute approximate surface area is 108 Å². The summed E-state index contributed by atoms with van der Waals surface area (Å²) in [5.74, 6) is 1.55. The summed E-state index contributed by atoms with van der Waals surface area (Å²) in [5.41, 5.74) is 6.21. The molecule has 3 unspecified atom stereocenters. The van der Waals surface area contributed by atoms with Crippen LogP contribution in [0.4, 0.5) is 0 Å². The predicted molar refractivity (Wildman–Crippen MR) is 71.8 cm³/mol. The Morgan fingerprint density at radius 2 is 2.00 bits per heavy atom. The number of hydrogen-bond acceptors (Lipinski definition) is 4. The van der Waals surface area contributed by atoms with Crippen molar-refractivity contribution < 1.29 is 0 Å². The molecule has 0 saturated heterocycles. The smallest absolute Gasteiger partial charge is 0.187 e. The maximum absolute atomic E-state index is 6.21. The number of nitrogens with zero attached hydrogens (tertiary/aromatic N) is 2. The van der Waals surface area contributed by atoms with Gasteiger partial charge in [0.2, 0.25) is 0 Å². The topological polar surface area (TPSA) is 51.8 Å². The highest BCUT2D eigenvalue weighted by Gasteiger charge is 2.30. The minimum Gasteiger partial charge on any atom is -0.327 e. The summed E-state index contributed by atoms with van der Waals surface area (Å²) in [5, 5.41) is 1.33. The van der Waals surface area contributed by atoms with Crippen LogP contribution in [-0.2, 0) is 0 Å². The van der Waals surface area contributed by atoms with Gasteiger partial charge in [-0.3, -0.25) is 0 Å². The fourth-order valence-electron chi connectivity index (χ4n) is 2.41. The summed E-state index contributed by atoms with van der Waals surface area (Å²) in [7, 11) is 0. The van der Waals surface area contributed by atoms with Crippen molar-refractivity contribution in [1.82, 2.24) is 9.97 Å². The molecule has 0 radical (unpaired) electrons. The first-order valence-electron chi connectivity index (χ1n) is 6.36. The molecule has 0 aromatic carbocycles. The number of nitrogens with two attached hydrogens (primary N) is 1. The van der Waals surface area contributed by atoms with E-state index in [4.69, 9.17) is 5.73 Å². The summed E-state index contributed by atoms with van der Waals surface area (Å²) in [6.07, 6.45) is 7.19. The molecule has 3 atom stereocenters. The molecule has 2 N–H and O–H groups in total. The Morgan fingerprint density at radius 3 is 2.65 bits per heavy atom. The van der Waals surface area contributed by atoms with E-state index in [-0.39, 0.29) is 0 Å². The second-order valence-corrected chi connectivity index (χ2v) is 6.38. The Kier molecular flexibility index (Phi) is 4.40. The number of hydrogen-bond donors (Lipinski definition) is 1. The summed E-state index contributed by atoms with van der Waals surface area (Å²) in [6.45, 7) is 4.62. The van der Waals surface area contributed by atoms with Gasteiger partial charge < -0.3 is 5.73 Å². The third-order valence-electron chi connectivity index (χ3n) is 3.63. The zero-order chi connectivity index (χ0) is 12.3. The van der Waals surface area contributed by atoms with Gasteiger partial charge in [0.05, 0.1) is 0 Å². The molecule has 1 saturated carbocycles. The van der Waals surface area contributed by atoms with Gasteiger partial charge in [-0.15, -0.1) is 0 Å². The van der Waals surface area contributed by atoms with E-state index >= 15 is 0 Å². The van der Waals surface area contributed by atoms with E-state index in [1.807, 2.05) is 6.07 Å². The summed E-state index contributed by atoms with van der Waals surface area (Å²) < 4.78 is 0. The van der Waals surface area contributed by atoms with Gasteiger partial charge in [-0.2, -0.15) is 0 Å². The summed E-state index contributed by atoms with van der Waals surface area (Å²) in [6, 6.07) is 2.14. The van der Waals surface area contributed by atoms with E-state index in [1.54, 1.807) is 24.2 Å². The van der Waals surface area contributed by atoms with Crippen molar-refractivity contribution in [3.8, 4) is 0 Å². The third-order valence-corrected chi connectivity index (χ3v) is 4.89. The van der Waals surface area contributed by atoms with Gasteiger partial charge in [0.1, 0.15) is 0 Å². The monoisotopic (exact) mass is 251 g/mol. The average molecular weight is 251 g/mol. The molecule has 2 rings (SSSR count). The maximum Gasteiger partial charge on any atom is 0.187 e. The molecule has 4 heteroatoms. The van der Waals surface area contributed by atoms with Gasteiger partial charge in [-0.1, -0.05) is 25.6 Å². The molecule has 1 aromatic rings. The van der Waals surface area contributed by atoms with Crippen molar-refractivity contribution >= 4 is 11.8 Å². The predicted octanol–water partition coefficient (Wildman–Crippen LogP) is 2.72. The van der Waals surface area contributed by atoms with E-state index in [1.165, 1.54) is 12.8 Å². The lowest BCUT2D eigenvalue weighted by atomic mass is 9.79. The van der Waals surface area contributed by atoms with E-state index in [0.29, 0.717) is 11.3 Å². The molecular weight excluding hydrogens is 230 g/mol. The standard InChI is InChI=1S/C13H21N3S/c1-9(2)10-4-5-11(14)12(8-10)17-13-15-6-3-7-16-13/h3,6-7,9-12H,4-5,8,14H2,1-2H3. The molecule has 0 aliphatic heterocycles. The van der Waals surface area contributed by atoms with Crippen LogP contribution in [0, 0.1) is 11.8 Å². The number of aromatic nitrogens is 2. The van der Waals surface area contributed by atoms with Crippen molar-refractivity contribution in [1.29, 1.82) is 0 Å². The minimum absolute atomic E-state index is 0.291. The molecule has 1 aliphatic rings. The van der Waals surface area contributed by atoms with E-state index < -0.39 is 0 Å². The fourth-order valence-corrected chi connectivity index (χ4v) is 3.57. The third kappa shape index (κ3) is 3.42. The van der Waals surface area contributed by atoms with E-state index in [2.05, 4.69) is 23.8 Å². The highest BCUT2D eigenvalue weighted by molar-refractivity contribution is 7.99. The molecule has 1 heterocycles. The maximum atomic E-state index is 6.21. The fraction of sp³-hybridized carbons (Fsp3) is 0.692. The lowest BCUT2D eigenvalue weighted by Crippen LogP contribution is -2.39. The van der Waals surface area contributed by atoms with Crippen LogP contribution in [0.1, 0.15) is 33.1 Å². The number of thioether (sulfide) groups is 1. The quantitative estimate of drug-likeness (QED) is 0.839. The Hall–Kier alpha value is -0.610. The van der Waals surface area contributed by atoms with Crippen LogP contribution >= 0.6 is 11.8 Å². The van der Waals surface area contributed by atoms with Crippen molar-refractivity contribution in [2.45, 2.75) is 49.6 Å². The zero-order valence-corrected chi connectivity index (χ0v) is 11.4. The van der Waals surface area contributed by atoms with Crippen molar-refractivity contribution in [3.63, 3.8) is 0 Å². The molecule has 0 amide bonds. The first-order valence-corrected chi connectivity index (χ1v) is 7.24. The van der Waals surface area contributed by atoms with Crippen LogP contribution in [0.25, 0.3) is 0 Å². The van der Waals surface area contributed by atoms with E-state index in [0.717, 1.165) is 23.4 Å². The first kappa shape index (κ1) is 12.8. The molecule has 0 spiro atoms. The van der Waals surface area contributed by atoms with Gasteiger partial charge in [0.15, 0.2) is 5.16 Å². The minimum atomic E-state index is 0.291. The SMILES string of the molecule is CC(C)C1CCC(N)C(Sc2ncccn2)C1. The Morgan fingerprint density at radius 1 is 1.29 bits per heavy atom. The molecule has 1 fully saturated rings. The lowest BCUT2D eigenvalue weighted by molar-refractivity contribution is 0.266. The molecule has 17 heavy (non-hydrogen) atoms. The molecule has 94 valence electrons. The highest BCUT2D eigenvalue weighted by atomic mass is 32.2. The zero-order valence-electron chi connectivity index (χ0n) is 10.5. The molecule has 1 aliphatic carbocycles. The van der Waals surface area contributed by atoms with Gasteiger partial charge >= 0.3 is 0 Å². The van der Waals surface area contributed by atoms with Gasteiger partial charge in [0, 0.05) is 23.7 Å². The van der Waals surface area contributed by atoms with Crippen LogP contribution < -0.4 is 5.73 Å². The summed E-state index contributed by atoms with van der Waals surface area (Å²) in [4.78, 5) is 8.55. The molecule has 3 nitrogen and oxygen atoms in total. The van der Waals surface area contributed by atoms with Crippen LogP contribution in [0.15, 0.2) is 23.6 Å². The first-order chi connectivity index (χ1) is 8.16. The average Bonchev–Trinajstić information content (AvgIpc) is 2.33. The lowest BCUT2D eigenvalue weighted by Gasteiger charge is -2.35. The molecular formula is C13H21N3S. The number of rotatable bonds is 3. The van der Waals surface area contributed by atoms with Crippen LogP contribution in [-0.4, -0.2) is 21.3 Å². The van der Waals surface area contributed by atoms with Crippen molar-refractivity contribution in [2.75, 3.05) is 0 Å². The second-order valence-electron chi connectivity index (χ2n) is 5.17. The van der Waals surface area contributed by atoms with Crippen LogP contribution in [0.3, 0.4) is 0 Å². The normalized spacial score (nSPS) is 29.5. The molecule has 0 bridgehead atoms. The largest absolute Gasteiger partial charge is 0.327 e. The van der Waals surface area contributed by atoms with E-state index in [9.17, 15) is 0 Å². The van der Waals surface area contributed by atoms with Crippen molar-refractivity contribution in [2.24, 2.45) is 17.6 Å². The second kappa shape index (κ2) is 5.83. The highest BCUT2D eigenvalue weighted by Crippen LogP contribution is 2.37. The van der Waals surface area contributed by atoms with Crippen LogP contribution in [0.2, 0.25) is 0 Å². The summed E-state index contributed by atoms with van der Waals surface area (Å²) >= 11 is 1.75. The van der Waals surface area contributed by atoms with Gasteiger partial charge in [-0.25, -0.2) is 9.97 Å². The van der Waals surface area contributed by atoms with Crippen molar-refractivity contribution in [3.05, 3.63) is 18.5 Å². The Bertz CT molecular complexity index is 342. The van der Waals surface area contributed by atoms with Gasteiger partial charge in [-0.05, 0) is 37.2 Å².